The van der Waals surface area contributed by atoms with Gasteiger partial charge in [-0.15, -0.1) is 0 Å². The maximum absolute atomic E-state index is 12.2. The second-order valence-corrected chi connectivity index (χ2v) is 9.16. The third-order valence-corrected chi connectivity index (χ3v) is 6.21. The van der Waals surface area contributed by atoms with Crippen LogP contribution in [0.5, 0.6) is 0 Å². The van der Waals surface area contributed by atoms with Gasteiger partial charge in [0.15, 0.2) is 5.96 Å². The molecule has 0 aromatic heterocycles. The first-order valence-electron chi connectivity index (χ1n) is 9.68. The molecule has 7 nitrogen and oxygen atoms in total. The molecule has 0 bridgehead atoms. The molecule has 1 aromatic carbocycles. The fraction of sp³-hybridized carbons (Fsp3) is 0.632. The molecule has 2 rings (SSSR count). The van der Waals surface area contributed by atoms with Crippen molar-refractivity contribution in [3.05, 3.63) is 29.8 Å². The van der Waals surface area contributed by atoms with Gasteiger partial charge in [0.05, 0.1) is 11.4 Å². The number of rotatable bonds is 9. The highest BCUT2D eigenvalue weighted by molar-refractivity contribution is 7.89. The van der Waals surface area contributed by atoms with Crippen molar-refractivity contribution in [2.45, 2.75) is 51.1 Å². The van der Waals surface area contributed by atoms with Crippen molar-refractivity contribution < 1.29 is 8.42 Å². The molecule has 27 heavy (non-hydrogen) atoms. The third-order valence-electron chi connectivity index (χ3n) is 4.77. The van der Waals surface area contributed by atoms with Gasteiger partial charge in [-0.2, -0.15) is 0 Å². The van der Waals surface area contributed by atoms with E-state index in [0.717, 1.165) is 25.2 Å². The number of hydrogen-bond acceptors (Lipinski definition) is 4. The first-order valence-corrected chi connectivity index (χ1v) is 11.2. The van der Waals surface area contributed by atoms with Crippen LogP contribution in [0.1, 0.15) is 39.2 Å². The lowest BCUT2D eigenvalue weighted by Crippen LogP contribution is -2.42. The molecule has 0 saturated carbocycles. The van der Waals surface area contributed by atoms with Gasteiger partial charge in [-0.25, -0.2) is 18.1 Å². The van der Waals surface area contributed by atoms with Gasteiger partial charge < -0.3 is 11.1 Å². The first-order chi connectivity index (χ1) is 12.8. The fourth-order valence-corrected chi connectivity index (χ4v) is 4.34. The van der Waals surface area contributed by atoms with Crippen LogP contribution >= 0.6 is 0 Å². The Hall–Kier alpha value is -1.64. The van der Waals surface area contributed by atoms with Gasteiger partial charge in [-0.05, 0) is 49.5 Å². The van der Waals surface area contributed by atoms with Crippen molar-refractivity contribution in [1.29, 1.82) is 0 Å². The summed E-state index contributed by atoms with van der Waals surface area (Å²) in [5.41, 5.74) is 6.88. The maximum Gasteiger partial charge on any atom is 0.240 e. The summed E-state index contributed by atoms with van der Waals surface area (Å²) in [4.78, 5) is 7.08. The lowest BCUT2D eigenvalue weighted by atomic mass is 10.2. The lowest BCUT2D eigenvalue weighted by molar-refractivity contribution is 0.267. The molecule has 0 amide bonds. The third kappa shape index (κ3) is 6.79. The van der Waals surface area contributed by atoms with Gasteiger partial charge in [-0.1, -0.05) is 32.9 Å². The standard InChI is InChI=1S/C19H33N5O2S/c1-4-24-11-5-6-17(24)14-22-19(20)21-13-16-7-9-18(10-8-16)27(25,26)23-12-15(2)3/h7-10,15,17,23H,4-6,11-14H2,1-3H3,(H3,20,21,22). The van der Waals surface area contributed by atoms with Crippen LogP contribution in [-0.2, 0) is 16.6 Å². The summed E-state index contributed by atoms with van der Waals surface area (Å²) in [6, 6.07) is 7.28. The second kappa shape index (κ2) is 10.1. The van der Waals surface area contributed by atoms with E-state index >= 15 is 0 Å². The monoisotopic (exact) mass is 395 g/mol. The van der Waals surface area contributed by atoms with Crippen molar-refractivity contribution in [1.82, 2.24) is 14.9 Å². The van der Waals surface area contributed by atoms with E-state index in [0.29, 0.717) is 25.1 Å². The molecule has 1 aliphatic rings. The van der Waals surface area contributed by atoms with Crippen molar-refractivity contribution in [2.75, 3.05) is 26.2 Å². The molecule has 1 atom stereocenters. The highest BCUT2D eigenvalue weighted by atomic mass is 32.2. The van der Waals surface area contributed by atoms with Crippen LogP contribution in [0.25, 0.3) is 0 Å². The Bertz CT molecular complexity index is 716. The van der Waals surface area contributed by atoms with Crippen LogP contribution in [0.15, 0.2) is 34.2 Å². The van der Waals surface area contributed by atoms with Crippen LogP contribution in [0.3, 0.4) is 0 Å². The number of hydrogen-bond donors (Lipinski definition) is 3. The van der Waals surface area contributed by atoms with Crippen LogP contribution in [-0.4, -0.2) is 51.5 Å². The fourth-order valence-electron chi connectivity index (χ4n) is 3.13. The Morgan fingerprint density at radius 1 is 1.33 bits per heavy atom. The molecular formula is C19H33N5O2S. The number of guanidine groups is 1. The maximum atomic E-state index is 12.2. The topological polar surface area (TPSA) is 99.8 Å². The van der Waals surface area contributed by atoms with Crippen LogP contribution in [0.2, 0.25) is 0 Å². The summed E-state index contributed by atoms with van der Waals surface area (Å²) < 4.78 is 27.0. The summed E-state index contributed by atoms with van der Waals surface area (Å²) in [7, 11) is -3.46. The average Bonchev–Trinajstić information content (AvgIpc) is 3.11. The zero-order valence-corrected chi connectivity index (χ0v) is 17.4. The summed E-state index contributed by atoms with van der Waals surface area (Å²) >= 11 is 0. The largest absolute Gasteiger partial charge is 0.370 e. The highest BCUT2D eigenvalue weighted by Gasteiger charge is 2.22. The van der Waals surface area contributed by atoms with Crippen LogP contribution < -0.4 is 15.8 Å². The van der Waals surface area contributed by atoms with E-state index in [-0.39, 0.29) is 10.8 Å². The number of nitrogens with one attached hydrogen (secondary N) is 2. The van der Waals surface area contributed by atoms with E-state index in [2.05, 4.69) is 26.9 Å². The van der Waals surface area contributed by atoms with Gasteiger partial charge in [0, 0.05) is 19.1 Å². The summed E-state index contributed by atoms with van der Waals surface area (Å²) in [6.45, 7) is 9.97. The molecule has 0 radical (unpaired) electrons. The Labute approximate surface area is 163 Å². The number of sulfonamides is 1. The average molecular weight is 396 g/mol. The molecule has 1 saturated heterocycles. The number of benzene rings is 1. The minimum absolute atomic E-state index is 0.262. The molecule has 8 heteroatoms. The Morgan fingerprint density at radius 3 is 2.67 bits per heavy atom. The number of likely N-dealkylation sites (N-methyl/N-ethyl adjacent to an activating group) is 1. The molecule has 1 aromatic rings. The van der Waals surface area contributed by atoms with Crippen molar-refractivity contribution >= 4 is 16.0 Å². The van der Waals surface area contributed by atoms with Crippen molar-refractivity contribution in [3.8, 4) is 0 Å². The zero-order valence-electron chi connectivity index (χ0n) is 16.6. The van der Waals surface area contributed by atoms with Crippen molar-refractivity contribution in [3.63, 3.8) is 0 Å². The number of nitrogens with zero attached hydrogens (tertiary/aromatic N) is 2. The minimum Gasteiger partial charge on any atom is -0.370 e. The predicted octanol–water partition coefficient (Wildman–Crippen LogP) is 1.51. The molecule has 1 unspecified atom stereocenters. The molecule has 0 spiro atoms. The Kier molecular flexibility index (Phi) is 8.07. The van der Waals surface area contributed by atoms with E-state index in [9.17, 15) is 8.42 Å². The number of nitrogens with two attached hydrogens (primary N) is 1. The quantitative estimate of drug-likeness (QED) is 0.435. The van der Waals surface area contributed by atoms with Gasteiger partial charge >= 0.3 is 0 Å². The molecule has 1 heterocycles. The normalized spacial score (nSPS) is 19.0. The summed E-state index contributed by atoms with van der Waals surface area (Å²) in [5, 5.41) is 3.20. The Morgan fingerprint density at radius 2 is 2.04 bits per heavy atom. The van der Waals surface area contributed by atoms with E-state index < -0.39 is 10.0 Å². The Balaban J connectivity index is 1.85. The molecule has 1 fully saturated rings. The van der Waals surface area contributed by atoms with Gasteiger partial charge in [0.25, 0.3) is 0 Å². The molecule has 4 N–H and O–H groups in total. The smallest absolute Gasteiger partial charge is 0.240 e. The van der Waals surface area contributed by atoms with E-state index in [1.54, 1.807) is 24.3 Å². The SMILES string of the molecule is CCN1CCCC1CNC(N)=NCc1ccc(S(=O)(=O)NCC(C)C)cc1. The predicted molar refractivity (Wildman–Crippen MR) is 110 cm³/mol. The number of aliphatic imine (C=N–C) groups is 1. The van der Waals surface area contributed by atoms with Gasteiger partial charge in [-0.3, -0.25) is 4.90 Å². The molecule has 0 aliphatic carbocycles. The summed E-state index contributed by atoms with van der Waals surface area (Å²) in [5.74, 6) is 0.686. The van der Waals surface area contributed by atoms with E-state index in [1.165, 1.54) is 12.8 Å². The minimum atomic E-state index is -3.46. The zero-order chi connectivity index (χ0) is 19.9. The number of likely N-dealkylation sites (tertiary alicyclic amines) is 1. The lowest BCUT2D eigenvalue weighted by Gasteiger charge is -2.23. The van der Waals surface area contributed by atoms with E-state index in [4.69, 9.17) is 5.73 Å². The highest BCUT2D eigenvalue weighted by Crippen LogP contribution is 2.15. The molecular weight excluding hydrogens is 362 g/mol. The second-order valence-electron chi connectivity index (χ2n) is 7.40. The van der Waals surface area contributed by atoms with Gasteiger partial charge in [0.2, 0.25) is 10.0 Å². The van der Waals surface area contributed by atoms with E-state index in [1.807, 2.05) is 13.8 Å². The van der Waals surface area contributed by atoms with Crippen molar-refractivity contribution in [2.24, 2.45) is 16.6 Å². The van der Waals surface area contributed by atoms with Gasteiger partial charge in [0.1, 0.15) is 0 Å². The van der Waals surface area contributed by atoms with Crippen LogP contribution in [0, 0.1) is 5.92 Å². The van der Waals surface area contributed by atoms with Crippen LogP contribution in [0.4, 0.5) is 0 Å². The molecule has 152 valence electrons. The molecule has 1 aliphatic heterocycles. The first kappa shape index (κ1) is 21.7. The summed E-state index contributed by atoms with van der Waals surface area (Å²) in [6.07, 6.45) is 2.42.